The first kappa shape index (κ1) is 53.9. The molecule has 334 valence electrons. The summed E-state index contributed by atoms with van der Waals surface area (Å²) in [5, 5.41) is 10.1. The number of thiophene rings is 1. The lowest BCUT2D eigenvalue weighted by molar-refractivity contribution is -0.112. The summed E-state index contributed by atoms with van der Waals surface area (Å²) in [4.78, 5) is 19.0. The van der Waals surface area contributed by atoms with E-state index >= 15 is 22.0 Å². The SMILES string of the molecule is C=CC(C)=O.CC.CC/C=C(/N=C1/C(F)=C(c2ccc(F)c3sc(C(C)C)c(C#N)c23)C(C(F)(F)F)=C/C1=C(/C)N(C)C(CC)CCC(C)CC)OC.CCN1CCCC1. The zero-order valence-electron chi connectivity index (χ0n) is 38.3. The average molecular weight is 861 g/mol. The van der Waals surface area contributed by atoms with Crippen LogP contribution in [0.25, 0.3) is 15.7 Å². The number of allylic oxidation sites excluding steroid dienone is 8. The zero-order valence-corrected chi connectivity index (χ0v) is 39.1. The third kappa shape index (κ3) is 14.5. The molecule has 12 heteroatoms. The molecule has 60 heavy (non-hydrogen) atoms. The maximum absolute atomic E-state index is 17.1. The van der Waals surface area contributed by atoms with Crippen molar-refractivity contribution >= 4 is 38.5 Å². The van der Waals surface area contributed by atoms with Crippen LogP contribution in [-0.2, 0) is 9.53 Å². The third-order valence-electron chi connectivity index (χ3n) is 10.6. The summed E-state index contributed by atoms with van der Waals surface area (Å²) in [6.45, 7) is 28.3. The van der Waals surface area contributed by atoms with Gasteiger partial charge in [0.1, 0.15) is 17.6 Å². The molecule has 2 aromatic rings. The summed E-state index contributed by atoms with van der Waals surface area (Å²) in [5.41, 5.74) is -2.10. The minimum Gasteiger partial charge on any atom is -0.481 e. The molecule has 6 nitrogen and oxygen atoms in total. The van der Waals surface area contributed by atoms with Crippen LogP contribution in [-0.4, -0.2) is 67.3 Å². The number of nitrogens with zero attached hydrogens (tertiary/aromatic N) is 4. The maximum atomic E-state index is 17.1. The number of rotatable bonds is 14. The van der Waals surface area contributed by atoms with Crippen LogP contribution in [0.2, 0.25) is 0 Å². The number of hydrogen-bond acceptors (Lipinski definition) is 7. The summed E-state index contributed by atoms with van der Waals surface area (Å²) >= 11 is 0.998. The highest BCUT2D eigenvalue weighted by atomic mass is 32.1. The van der Waals surface area contributed by atoms with Gasteiger partial charge >= 0.3 is 6.18 Å². The van der Waals surface area contributed by atoms with Crippen molar-refractivity contribution in [3.8, 4) is 6.07 Å². The van der Waals surface area contributed by atoms with E-state index in [0.29, 0.717) is 22.9 Å². The molecule has 1 aromatic carbocycles. The van der Waals surface area contributed by atoms with E-state index in [4.69, 9.17) is 4.74 Å². The lowest BCUT2D eigenvalue weighted by atomic mass is 9.84. The van der Waals surface area contributed by atoms with Crippen molar-refractivity contribution in [2.24, 2.45) is 10.9 Å². The predicted molar refractivity (Wildman–Crippen MR) is 242 cm³/mol. The number of fused-ring (bicyclic) bond motifs is 1. The van der Waals surface area contributed by atoms with Crippen molar-refractivity contribution in [2.45, 2.75) is 139 Å². The smallest absolute Gasteiger partial charge is 0.417 e. The van der Waals surface area contributed by atoms with E-state index in [-0.39, 0.29) is 56.1 Å². The Balaban J connectivity index is 0.00000110. The number of nitriles is 1. The van der Waals surface area contributed by atoms with Gasteiger partial charge in [-0.05, 0) is 114 Å². The van der Waals surface area contributed by atoms with Gasteiger partial charge in [-0.25, -0.2) is 13.8 Å². The molecular formula is C48H69F5N4O2S. The van der Waals surface area contributed by atoms with E-state index in [0.717, 1.165) is 55.2 Å². The summed E-state index contributed by atoms with van der Waals surface area (Å²) in [6.07, 6.45) is 5.69. The zero-order chi connectivity index (χ0) is 45.9. The first-order chi connectivity index (χ1) is 28.4. The number of hydrogen-bond donors (Lipinski definition) is 0. The molecule has 2 aliphatic rings. The number of methoxy groups -OCH3 is 1. The summed E-state index contributed by atoms with van der Waals surface area (Å²) in [5.74, 6) is -1.56. The van der Waals surface area contributed by atoms with Crippen molar-refractivity contribution in [1.29, 1.82) is 5.26 Å². The first-order valence-corrected chi connectivity index (χ1v) is 22.1. The van der Waals surface area contributed by atoms with Gasteiger partial charge < -0.3 is 14.5 Å². The Kier molecular flexibility index (Phi) is 23.6. The number of benzene rings is 1. The standard InChI is InChI=1S/C36H44F5N3OS.C6H13N.C4H6O.C2H6/c1-10-13-29(45-9)43-33-25(22(7)44(8)23(12-3)15-14-21(6)11-2)18-27(36(39,40)41)31(32(33)38)24-16-17-28(37)35-30(24)26(19-42)34(46-35)20(4)5;1-2-7-5-3-4-6-7;1-3-4(2)5;1-2/h13,16-18,20-21,23H,10-12,14-15H2,1-9H3;2-6H2,1H3;3H,1H2,2H3;1-2H3/b25-22+,29-13-,43-33+;;;. The molecule has 1 aliphatic carbocycles. The number of halogens is 5. The van der Waals surface area contributed by atoms with Crippen molar-refractivity contribution < 1.29 is 31.5 Å². The van der Waals surface area contributed by atoms with Crippen molar-refractivity contribution in [2.75, 3.05) is 33.8 Å². The number of carbonyl (C=O) groups is 1. The Morgan fingerprint density at radius 1 is 1.07 bits per heavy atom. The number of alkyl halides is 3. The van der Waals surface area contributed by atoms with E-state index < -0.39 is 29.0 Å². The van der Waals surface area contributed by atoms with Gasteiger partial charge in [0.05, 0.1) is 22.9 Å². The maximum Gasteiger partial charge on any atom is 0.417 e. The van der Waals surface area contributed by atoms with E-state index in [2.05, 4.69) is 43.3 Å². The average Bonchev–Trinajstić information content (AvgIpc) is 3.91. The van der Waals surface area contributed by atoms with Gasteiger partial charge in [-0.2, -0.15) is 18.4 Å². The monoisotopic (exact) mass is 861 g/mol. The second-order valence-corrected chi connectivity index (χ2v) is 16.0. The third-order valence-corrected chi connectivity index (χ3v) is 12.1. The van der Waals surface area contributed by atoms with Crippen molar-refractivity contribution in [1.82, 2.24) is 9.80 Å². The Labute approximate surface area is 361 Å². The normalized spacial score (nSPS) is 17.1. The van der Waals surface area contributed by atoms with Crippen LogP contribution in [0.5, 0.6) is 0 Å². The van der Waals surface area contributed by atoms with Gasteiger partial charge in [0.25, 0.3) is 0 Å². The van der Waals surface area contributed by atoms with Crippen LogP contribution >= 0.6 is 11.3 Å². The Morgan fingerprint density at radius 2 is 1.67 bits per heavy atom. The second kappa shape index (κ2) is 26.3. The van der Waals surface area contributed by atoms with Crippen LogP contribution in [0.15, 0.2) is 70.5 Å². The van der Waals surface area contributed by atoms with Crippen LogP contribution in [0.4, 0.5) is 22.0 Å². The summed E-state index contributed by atoms with van der Waals surface area (Å²) < 4.78 is 82.7. The molecule has 2 atom stereocenters. The highest BCUT2D eigenvalue weighted by Gasteiger charge is 2.43. The molecule has 4 rings (SSSR count). The number of ether oxygens (including phenoxy) is 1. The molecule has 1 fully saturated rings. The molecule has 1 saturated heterocycles. The molecule has 0 N–H and O–H groups in total. The van der Waals surface area contributed by atoms with Crippen molar-refractivity contribution in [3.63, 3.8) is 0 Å². The highest BCUT2D eigenvalue weighted by molar-refractivity contribution is 7.19. The molecule has 2 unspecified atom stereocenters. The quantitative estimate of drug-likeness (QED) is 0.108. The van der Waals surface area contributed by atoms with E-state index in [1.807, 2.05) is 53.5 Å². The van der Waals surface area contributed by atoms with Crippen LogP contribution in [0.3, 0.4) is 0 Å². The van der Waals surface area contributed by atoms with Crippen LogP contribution in [0.1, 0.15) is 143 Å². The largest absolute Gasteiger partial charge is 0.481 e. The second-order valence-electron chi connectivity index (χ2n) is 15.0. The molecule has 1 aliphatic heterocycles. The van der Waals surface area contributed by atoms with Crippen molar-refractivity contribution in [3.05, 3.63) is 87.3 Å². The van der Waals surface area contributed by atoms with Gasteiger partial charge in [-0.1, -0.05) is 81.4 Å². The fraction of sp³-hybridized carbons (Fsp3) is 0.562. The molecule has 0 radical (unpaired) electrons. The Bertz CT molecular complexity index is 1920. The van der Waals surface area contributed by atoms with Gasteiger partial charge in [-0.15, -0.1) is 11.3 Å². The topological polar surface area (TPSA) is 68.9 Å². The highest BCUT2D eigenvalue weighted by Crippen LogP contribution is 2.49. The Hall–Kier alpha value is -4.08. The van der Waals surface area contributed by atoms with E-state index in [9.17, 15) is 10.1 Å². The number of likely N-dealkylation sites (tertiary alicyclic amines) is 1. The number of carbonyl (C=O) groups excluding carboxylic acids is 1. The van der Waals surface area contributed by atoms with Crippen LogP contribution in [0, 0.1) is 23.1 Å². The van der Waals surface area contributed by atoms with Gasteiger partial charge in [0.15, 0.2) is 11.6 Å². The Morgan fingerprint density at radius 3 is 2.10 bits per heavy atom. The van der Waals surface area contributed by atoms with Gasteiger partial charge in [0, 0.05) is 40.2 Å². The minimum absolute atomic E-state index is 0.00201. The van der Waals surface area contributed by atoms with Crippen LogP contribution < -0.4 is 0 Å². The molecule has 0 saturated carbocycles. The molecule has 0 amide bonds. The summed E-state index contributed by atoms with van der Waals surface area (Å²) in [6, 6.07) is 4.20. The van der Waals surface area contributed by atoms with E-state index in [1.54, 1.807) is 13.0 Å². The number of ketones is 1. The molecule has 0 spiro atoms. The molecule has 0 bridgehead atoms. The molecular weight excluding hydrogens is 792 g/mol. The predicted octanol–water partition coefficient (Wildman–Crippen LogP) is 14.3. The molecule has 1 aromatic heterocycles. The lowest BCUT2D eigenvalue weighted by Crippen LogP contribution is -2.32. The van der Waals surface area contributed by atoms with E-state index in [1.165, 1.54) is 52.6 Å². The fourth-order valence-electron chi connectivity index (χ4n) is 6.80. The molecule has 2 heterocycles. The van der Waals surface area contributed by atoms with Gasteiger partial charge in [0.2, 0.25) is 5.88 Å². The first-order valence-electron chi connectivity index (χ1n) is 21.3. The summed E-state index contributed by atoms with van der Waals surface area (Å²) in [7, 11) is 3.17. The minimum atomic E-state index is -4.99. The fourth-order valence-corrected chi connectivity index (χ4v) is 7.99. The van der Waals surface area contributed by atoms with Gasteiger partial charge in [-0.3, -0.25) is 4.79 Å². The lowest BCUT2D eigenvalue weighted by Gasteiger charge is -2.33. The number of aliphatic imine (C=N–C) groups is 1.